The minimum atomic E-state index is -1.38. The molecule has 15 nitrogen and oxygen atoms in total. The number of nitrogens with two attached hydrogens (primary N) is 1. The number of hydrogen-bond donors (Lipinski definition) is 5. The first-order valence-corrected chi connectivity index (χ1v) is 13.2. The highest BCUT2D eigenvalue weighted by Crippen LogP contribution is 2.24. The van der Waals surface area contributed by atoms with E-state index in [9.17, 15) is 24.6 Å². The van der Waals surface area contributed by atoms with Crippen LogP contribution in [-0.4, -0.2) is 103 Å². The normalized spacial score (nSPS) is 21.5. The quantitative estimate of drug-likeness (QED) is 0.236. The van der Waals surface area contributed by atoms with Crippen molar-refractivity contribution in [2.75, 3.05) is 32.0 Å². The van der Waals surface area contributed by atoms with E-state index in [-0.39, 0.29) is 30.4 Å². The number of anilines is 1. The number of ether oxygens (including phenoxy) is 2. The van der Waals surface area contributed by atoms with Gasteiger partial charge in [-0.2, -0.15) is 0 Å². The molecule has 2 aliphatic heterocycles. The lowest BCUT2D eigenvalue weighted by Crippen LogP contribution is -2.46. The average Bonchev–Trinajstić information content (AvgIpc) is 3.50. The van der Waals surface area contributed by atoms with Gasteiger partial charge < -0.3 is 41.0 Å². The smallest absolute Gasteiger partial charge is 0.410 e. The molecule has 2 unspecified atom stereocenters. The monoisotopic (exact) mass is 546 g/mol. The van der Waals surface area contributed by atoms with Crippen LogP contribution < -0.4 is 16.4 Å². The van der Waals surface area contributed by atoms with Crippen molar-refractivity contribution in [1.29, 1.82) is 0 Å². The summed E-state index contributed by atoms with van der Waals surface area (Å²) in [6.45, 7) is 0.737. The van der Waals surface area contributed by atoms with E-state index in [1.54, 1.807) is 9.47 Å². The fourth-order valence-electron chi connectivity index (χ4n) is 4.79. The zero-order chi connectivity index (χ0) is 27.5. The van der Waals surface area contributed by atoms with Crippen molar-refractivity contribution >= 4 is 34.9 Å². The van der Waals surface area contributed by atoms with E-state index in [0.29, 0.717) is 62.3 Å². The molecule has 0 radical (unpaired) electrons. The van der Waals surface area contributed by atoms with E-state index >= 15 is 0 Å². The van der Waals surface area contributed by atoms with Crippen molar-refractivity contribution in [3.63, 3.8) is 0 Å². The van der Waals surface area contributed by atoms with Crippen LogP contribution >= 0.6 is 0 Å². The lowest BCUT2D eigenvalue weighted by atomic mass is 9.93. The van der Waals surface area contributed by atoms with Crippen LogP contribution in [0.25, 0.3) is 11.2 Å². The van der Waals surface area contributed by atoms with Gasteiger partial charge in [-0.3, -0.25) is 14.2 Å². The molecule has 3 atom stereocenters. The molecular formula is C24H34N8O7. The summed E-state index contributed by atoms with van der Waals surface area (Å²) in [5.41, 5.74) is 6.97. The van der Waals surface area contributed by atoms with Gasteiger partial charge in [-0.25, -0.2) is 19.7 Å². The molecule has 6 N–H and O–H groups in total. The van der Waals surface area contributed by atoms with Gasteiger partial charge in [0.2, 0.25) is 0 Å². The van der Waals surface area contributed by atoms with Gasteiger partial charge in [0.05, 0.1) is 12.9 Å². The van der Waals surface area contributed by atoms with Crippen molar-refractivity contribution in [1.82, 2.24) is 35.1 Å². The Hall–Kier alpha value is -3.56. The van der Waals surface area contributed by atoms with Crippen molar-refractivity contribution in [2.45, 2.75) is 69.6 Å². The first-order valence-electron chi connectivity index (χ1n) is 13.2. The van der Waals surface area contributed by atoms with E-state index in [1.807, 2.05) is 0 Å². The molecule has 39 heavy (non-hydrogen) atoms. The van der Waals surface area contributed by atoms with Crippen LogP contribution in [0.2, 0.25) is 0 Å². The number of piperidine rings is 1. The minimum absolute atomic E-state index is 0.0741. The standard InChI is InChI=1S/C24H34N8O7/c25-20-18-21(32(11-27-18)12-38-19(15(34)10-33)23(36)28-14-1-2-14)30-17(29-20)9-13-4-7-31(8-5-13)24(37)39-16-3-6-26-22(16)35/h11,13-16,19,33-34H,1-10,12H2,(H,26,35)(H,28,36)(H2,25,29,30)/t15?,16?,19-/m0/s1. The number of aromatic nitrogens is 4. The maximum absolute atomic E-state index is 12.5. The van der Waals surface area contributed by atoms with Crippen LogP contribution in [0.3, 0.4) is 0 Å². The molecule has 2 aromatic rings. The van der Waals surface area contributed by atoms with Crippen molar-refractivity contribution in [3.05, 3.63) is 12.2 Å². The number of fused-ring (bicyclic) bond motifs is 1. The summed E-state index contributed by atoms with van der Waals surface area (Å²) >= 11 is 0. The highest BCUT2D eigenvalue weighted by molar-refractivity contribution is 5.85. The van der Waals surface area contributed by atoms with Crippen LogP contribution in [0.4, 0.5) is 10.6 Å². The topological polar surface area (TPSA) is 207 Å². The summed E-state index contributed by atoms with van der Waals surface area (Å²) in [4.78, 5) is 51.5. The van der Waals surface area contributed by atoms with Gasteiger partial charge in [0.25, 0.3) is 11.8 Å². The molecule has 15 heteroatoms. The fourth-order valence-corrected chi connectivity index (χ4v) is 4.79. The van der Waals surface area contributed by atoms with E-state index < -0.39 is 36.9 Å². The second kappa shape index (κ2) is 11.7. The summed E-state index contributed by atoms with van der Waals surface area (Å²) in [5.74, 6) is 0.199. The summed E-state index contributed by atoms with van der Waals surface area (Å²) in [6, 6.07) is 0.0741. The largest absolute Gasteiger partial charge is 0.436 e. The van der Waals surface area contributed by atoms with Gasteiger partial charge in [-0.15, -0.1) is 0 Å². The maximum Gasteiger partial charge on any atom is 0.410 e. The fraction of sp³-hybridized carbons (Fsp3) is 0.667. The molecule has 3 fully saturated rings. The second-order valence-corrected chi connectivity index (χ2v) is 10.2. The van der Waals surface area contributed by atoms with Gasteiger partial charge >= 0.3 is 6.09 Å². The molecule has 5 rings (SSSR count). The molecule has 4 heterocycles. The van der Waals surface area contributed by atoms with E-state index in [1.165, 1.54) is 6.33 Å². The number of aliphatic hydroxyl groups is 2. The SMILES string of the molecule is Nc1nc(CC2CCN(C(=O)OC3CCNC3=O)CC2)nc2c1ncn2CO[C@H](C(=O)NC1CC1)C(O)CO. The number of nitrogens with zero attached hydrogens (tertiary/aromatic N) is 5. The van der Waals surface area contributed by atoms with E-state index in [2.05, 4.69) is 25.6 Å². The molecular weight excluding hydrogens is 512 g/mol. The molecule has 0 bridgehead atoms. The molecule has 1 saturated carbocycles. The van der Waals surface area contributed by atoms with Crippen molar-refractivity contribution in [3.8, 4) is 0 Å². The predicted octanol–water partition coefficient (Wildman–Crippen LogP) is -1.34. The Bertz CT molecular complexity index is 1210. The lowest BCUT2D eigenvalue weighted by molar-refractivity contribution is -0.147. The third-order valence-corrected chi connectivity index (χ3v) is 7.23. The molecule has 2 saturated heterocycles. The molecule has 0 aromatic carbocycles. The highest BCUT2D eigenvalue weighted by Gasteiger charge is 2.33. The Morgan fingerprint density at radius 1 is 1.21 bits per heavy atom. The number of carbonyl (C=O) groups excluding carboxylic acids is 3. The lowest BCUT2D eigenvalue weighted by Gasteiger charge is -2.31. The van der Waals surface area contributed by atoms with Crippen LogP contribution in [-0.2, 0) is 32.2 Å². The van der Waals surface area contributed by atoms with Gasteiger partial charge in [0.1, 0.15) is 24.2 Å². The maximum atomic E-state index is 12.5. The molecule has 0 spiro atoms. The number of hydrogen-bond acceptors (Lipinski definition) is 11. The van der Waals surface area contributed by atoms with Crippen LogP contribution in [0.15, 0.2) is 6.33 Å². The van der Waals surface area contributed by atoms with Crippen molar-refractivity contribution < 1.29 is 34.1 Å². The number of imidazole rings is 1. The Labute approximate surface area is 224 Å². The van der Waals surface area contributed by atoms with Crippen LogP contribution in [0.5, 0.6) is 0 Å². The highest BCUT2D eigenvalue weighted by atomic mass is 16.6. The van der Waals surface area contributed by atoms with Crippen molar-refractivity contribution in [2.24, 2.45) is 5.92 Å². The van der Waals surface area contributed by atoms with E-state index in [4.69, 9.17) is 15.2 Å². The number of amides is 3. The first-order chi connectivity index (χ1) is 18.8. The Balaban J connectivity index is 1.19. The third kappa shape index (κ3) is 6.37. The number of nitrogen functional groups attached to an aromatic ring is 1. The van der Waals surface area contributed by atoms with Crippen LogP contribution in [0, 0.1) is 5.92 Å². The van der Waals surface area contributed by atoms with Gasteiger partial charge in [-0.05, 0) is 31.6 Å². The van der Waals surface area contributed by atoms with Gasteiger partial charge in [-0.1, -0.05) is 0 Å². The predicted molar refractivity (Wildman–Crippen MR) is 135 cm³/mol. The molecule has 2 aromatic heterocycles. The molecule has 3 aliphatic rings. The Morgan fingerprint density at radius 3 is 2.64 bits per heavy atom. The Kier molecular flexibility index (Phi) is 8.09. The Morgan fingerprint density at radius 2 is 1.97 bits per heavy atom. The number of likely N-dealkylation sites (tertiary alicyclic amines) is 1. The summed E-state index contributed by atoms with van der Waals surface area (Å²) in [5, 5.41) is 24.9. The zero-order valence-electron chi connectivity index (χ0n) is 21.5. The van der Waals surface area contributed by atoms with Crippen LogP contribution in [0.1, 0.15) is 37.9 Å². The molecule has 1 aliphatic carbocycles. The number of carbonyl (C=O) groups is 3. The van der Waals surface area contributed by atoms with E-state index in [0.717, 1.165) is 12.8 Å². The average molecular weight is 547 g/mol. The number of rotatable bonds is 10. The zero-order valence-corrected chi connectivity index (χ0v) is 21.5. The van der Waals surface area contributed by atoms with Gasteiger partial charge in [0, 0.05) is 38.5 Å². The number of nitrogens with one attached hydrogen (secondary N) is 2. The van der Waals surface area contributed by atoms with Gasteiger partial charge in [0.15, 0.2) is 23.7 Å². The molecule has 3 amide bonds. The summed E-state index contributed by atoms with van der Waals surface area (Å²) < 4.78 is 12.6. The third-order valence-electron chi connectivity index (χ3n) is 7.23. The second-order valence-electron chi connectivity index (χ2n) is 10.2. The first kappa shape index (κ1) is 27.0. The minimum Gasteiger partial charge on any atom is -0.436 e. The molecule has 212 valence electrons. The summed E-state index contributed by atoms with van der Waals surface area (Å²) in [7, 11) is 0. The summed E-state index contributed by atoms with van der Waals surface area (Å²) in [6.07, 6.45) is 1.84. The number of aliphatic hydroxyl groups excluding tert-OH is 2.